The number of hydrogen-bond acceptors (Lipinski definition) is 4. The summed E-state index contributed by atoms with van der Waals surface area (Å²) in [6.07, 6.45) is 3.45. The summed E-state index contributed by atoms with van der Waals surface area (Å²) in [6.45, 7) is 1.88. The van der Waals surface area contributed by atoms with E-state index in [0.29, 0.717) is 17.8 Å². The summed E-state index contributed by atoms with van der Waals surface area (Å²) in [5.41, 5.74) is 0.599. The van der Waals surface area contributed by atoms with E-state index in [1.165, 1.54) is 6.42 Å². The zero-order valence-electron chi connectivity index (χ0n) is 10.9. The van der Waals surface area contributed by atoms with Crippen molar-refractivity contribution in [2.24, 2.45) is 4.99 Å². The second-order valence-corrected chi connectivity index (χ2v) is 5.25. The Morgan fingerprint density at radius 1 is 1.37 bits per heavy atom. The molecule has 1 aromatic rings. The Bertz CT molecular complexity index is 581. The minimum absolute atomic E-state index is 0. The van der Waals surface area contributed by atoms with Crippen molar-refractivity contribution in [1.82, 2.24) is 14.9 Å². The van der Waals surface area contributed by atoms with Crippen LogP contribution in [0.25, 0.3) is 0 Å². The number of guanidine groups is 1. The van der Waals surface area contributed by atoms with E-state index in [-0.39, 0.29) is 18.3 Å². The standard InChI is InChI=1S/C12H15N5O.ClH/c1-6-13-9-10(14-6)17-8-5-3-4-7(8)15-12(17)16(2)11(9)18;/h7-8H,3-5H2,1-2H3,(H,13,14);1H. The summed E-state index contributed by atoms with van der Waals surface area (Å²) in [5, 5.41) is 0. The fourth-order valence-electron chi connectivity index (χ4n) is 3.29. The first-order chi connectivity index (χ1) is 8.66. The van der Waals surface area contributed by atoms with E-state index in [0.717, 1.165) is 30.4 Å². The van der Waals surface area contributed by atoms with Crippen LogP contribution >= 0.6 is 12.4 Å². The molecule has 102 valence electrons. The lowest BCUT2D eigenvalue weighted by molar-refractivity contribution is 0.0860. The summed E-state index contributed by atoms with van der Waals surface area (Å²) in [4.78, 5) is 28.3. The molecule has 2 aliphatic heterocycles. The first-order valence-electron chi connectivity index (χ1n) is 6.38. The monoisotopic (exact) mass is 281 g/mol. The average Bonchev–Trinajstić information content (AvgIpc) is 2.98. The lowest BCUT2D eigenvalue weighted by atomic mass is 10.1. The number of fused-ring (bicyclic) bond motifs is 5. The number of rotatable bonds is 0. The molecule has 2 unspecified atom stereocenters. The Morgan fingerprint density at radius 2 is 2.16 bits per heavy atom. The molecule has 0 saturated heterocycles. The number of halogens is 1. The maximum Gasteiger partial charge on any atom is 0.280 e. The Kier molecular flexibility index (Phi) is 2.60. The number of carbonyl (C=O) groups is 1. The maximum atomic E-state index is 12.2. The molecule has 0 bridgehead atoms. The van der Waals surface area contributed by atoms with Crippen molar-refractivity contribution in [3.8, 4) is 0 Å². The quantitative estimate of drug-likeness (QED) is 0.780. The average molecular weight is 282 g/mol. The lowest BCUT2D eigenvalue weighted by Crippen LogP contribution is -2.51. The van der Waals surface area contributed by atoms with Gasteiger partial charge >= 0.3 is 0 Å². The number of hydrogen-bond donors (Lipinski definition) is 1. The van der Waals surface area contributed by atoms with Crippen molar-refractivity contribution < 1.29 is 4.79 Å². The van der Waals surface area contributed by atoms with Crippen LogP contribution in [-0.2, 0) is 0 Å². The van der Waals surface area contributed by atoms with Gasteiger partial charge in [0.25, 0.3) is 5.91 Å². The Hall–Kier alpha value is -1.56. The molecule has 0 aromatic carbocycles. The fraction of sp³-hybridized carbons (Fsp3) is 0.583. The highest BCUT2D eigenvalue weighted by Crippen LogP contribution is 2.39. The van der Waals surface area contributed by atoms with E-state index in [2.05, 4.69) is 14.9 Å². The van der Waals surface area contributed by atoms with Gasteiger partial charge < -0.3 is 4.98 Å². The molecule has 1 amide bonds. The van der Waals surface area contributed by atoms with Gasteiger partial charge in [-0.25, -0.2) is 9.98 Å². The molecular formula is C12H16ClN5O. The first-order valence-corrected chi connectivity index (χ1v) is 6.38. The van der Waals surface area contributed by atoms with Crippen LogP contribution in [0.2, 0.25) is 0 Å². The molecule has 6 nitrogen and oxygen atoms in total. The van der Waals surface area contributed by atoms with Gasteiger partial charge in [-0.2, -0.15) is 0 Å². The predicted molar refractivity (Wildman–Crippen MR) is 74.0 cm³/mol. The van der Waals surface area contributed by atoms with Gasteiger partial charge in [-0.15, -0.1) is 12.4 Å². The lowest BCUT2D eigenvalue weighted by Gasteiger charge is -2.33. The van der Waals surface area contributed by atoms with E-state index < -0.39 is 0 Å². The molecule has 7 heteroatoms. The number of carbonyl (C=O) groups excluding carboxylic acids is 1. The number of nitrogens with zero attached hydrogens (tertiary/aromatic N) is 4. The Balaban J connectivity index is 0.00000110. The van der Waals surface area contributed by atoms with Gasteiger partial charge in [-0.1, -0.05) is 0 Å². The SMILES string of the molecule is Cc1nc2c([nH]1)C(=O)N(C)C1=NC3CCCC3N12.Cl. The second-order valence-electron chi connectivity index (χ2n) is 5.25. The molecule has 1 fully saturated rings. The van der Waals surface area contributed by atoms with Gasteiger partial charge in [0.05, 0.1) is 12.1 Å². The Morgan fingerprint density at radius 3 is 2.95 bits per heavy atom. The number of aliphatic imine (C=N–C) groups is 1. The molecule has 0 radical (unpaired) electrons. The van der Waals surface area contributed by atoms with Gasteiger partial charge in [0.1, 0.15) is 11.5 Å². The highest BCUT2D eigenvalue weighted by molar-refractivity contribution is 6.18. The van der Waals surface area contributed by atoms with Crippen molar-refractivity contribution in [3.05, 3.63) is 11.5 Å². The third-order valence-electron chi connectivity index (χ3n) is 4.12. The topological polar surface area (TPSA) is 64.6 Å². The zero-order chi connectivity index (χ0) is 12.4. The van der Waals surface area contributed by atoms with Gasteiger partial charge in [-0.05, 0) is 26.2 Å². The highest BCUT2D eigenvalue weighted by atomic mass is 35.5. The molecule has 1 aromatic heterocycles. The number of aryl methyl sites for hydroxylation is 1. The summed E-state index contributed by atoms with van der Waals surface area (Å²) in [7, 11) is 1.79. The number of aromatic nitrogens is 2. The molecule has 3 aliphatic rings. The first kappa shape index (κ1) is 12.5. The molecule has 19 heavy (non-hydrogen) atoms. The van der Waals surface area contributed by atoms with Crippen LogP contribution in [0.1, 0.15) is 35.6 Å². The van der Waals surface area contributed by atoms with Gasteiger partial charge in [0.15, 0.2) is 5.82 Å². The second kappa shape index (κ2) is 3.96. The van der Waals surface area contributed by atoms with E-state index in [1.807, 2.05) is 6.92 Å². The molecule has 1 N–H and O–H groups in total. The minimum atomic E-state index is -0.0411. The van der Waals surface area contributed by atoms with Gasteiger partial charge in [0, 0.05) is 7.05 Å². The largest absolute Gasteiger partial charge is 0.336 e. The van der Waals surface area contributed by atoms with Crippen LogP contribution in [0.3, 0.4) is 0 Å². The van der Waals surface area contributed by atoms with Gasteiger partial charge in [-0.3, -0.25) is 14.6 Å². The maximum absolute atomic E-state index is 12.2. The fourth-order valence-corrected chi connectivity index (χ4v) is 3.29. The van der Waals surface area contributed by atoms with E-state index in [9.17, 15) is 4.79 Å². The number of H-pyrrole nitrogens is 1. The molecule has 3 heterocycles. The van der Waals surface area contributed by atoms with Crippen LogP contribution in [0.5, 0.6) is 0 Å². The van der Waals surface area contributed by atoms with Crippen LogP contribution in [0.15, 0.2) is 4.99 Å². The summed E-state index contributed by atoms with van der Waals surface area (Å²) in [6, 6.07) is 0.718. The third-order valence-corrected chi connectivity index (χ3v) is 4.12. The van der Waals surface area contributed by atoms with Crippen LogP contribution in [-0.4, -0.2) is 45.9 Å². The zero-order valence-corrected chi connectivity index (χ0v) is 11.7. The van der Waals surface area contributed by atoms with Crippen molar-refractivity contribution in [3.63, 3.8) is 0 Å². The number of nitrogens with one attached hydrogen (secondary N) is 1. The van der Waals surface area contributed by atoms with E-state index in [1.54, 1.807) is 11.9 Å². The van der Waals surface area contributed by atoms with Gasteiger partial charge in [0.2, 0.25) is 5.96 Å². The van der Waals surface area contributed by atoms with E-state index >= 15 is 0 Å². The number of anilines is 1. The van der Waals surface area contributed by atoms with Crippen molar-refractivity contribution in [2.45, 2.75) is 38.3 Å². The molecule has 2 atom stereocenters. The van der Waals surface area contributed by atoms with Crippen LogP contribution in [0, 0.1) is 6.92 Å². The number of amides is 1. The smallest absolute Gasteiger partial charge is 0.280 e. The summed E-state index contributed by atoms with van der Waals surface area (Å²) < 4.78 is 0. The molecule has 1 aliphatic carbocycles. The number of aromatic amines is 1. The molecular weight excluding hydrogens is 266 g/mol. The molecule has 1 saturated carbocycles. The highest BCUT2D eigenvalue weighted by Gasteiger charge is 2.47. The van der Waals surface area contributed by atoms with Crippen molar-refractivity contribution >= 4 is 30.1 Å². The Labute approximate surface area is 117 Å². The molecule has 0 spiro atoms. The number of imidazole rings is 1. The summed E-state index contributed by atoms with van der Waals surface area (Å²) in [5.74, 6) is 2.28. The predicted octanol–water partition coefficient (Wildman–Crippen LogP) is 1.32. The normalized spacial score (nSPS) is 27.7. The molecule has 4 rings (SSSR count). The van der Waals surface area contributed by atoms with Crippen molar-refractivity contribution in [2.75, 3.05) is 11.9 Å². The van der Waals surface area contributed by atoms with Crippen LogP contribution < -0.4 is 4.90 Å². The van der Waals surface area contributed by atoms with Crippen molar-refractivity contribution in [1.29, 1.82) is 0 Å². The van der Waals surface area contributed by atoms with E-state index in [4.69, 9.17) is 4.99 Å². The summed E-state index contributed by atoms with van der Waals surface area (Å²) >= 11 is 0. The van der Waals surface area contributed by atoms with Crippen LogP contribution in [0.4, 0.5) is 5.82 Å². The third kappa shape index (κ3) is 1.46. The minimum Gasteiger partial charge on any atom is -0.336 e.